The Bertz CT molecular complexity index is 871. The number of benzene rings is 1. The maximum Gasteiger partial charge on any atom is 0.253 e. The van der Waals surface area contributed by atoms with Crippen molar-refractivity contribution in [1.29, 1.82) is 0 Å². The van der Waals surface area contributed by atoms with Gasteiger partial charge in [-0.05, 0) is 37.6 Å². The first kappa shape index (κ1) is 14.9. The smallest absolute Gasteiger partial charge is 0.253 e. The molecule has 1 amide bonds. The van der Waals surface area contributed by atoms with Gasteiger partial charge in [0.15, 0.2) is 5.65 Å². The van der Waals surface area contributed by atoms with Gasteiger partial charge in [-0.1, -0.05) is 18.2 Å². The molecule has 3 heterocycles. The summed E-state index contributed by atoms with van der Waals surface area (Å²) in [6.45, 7) is 4.45. The van der Waals surface area contributed by atoms with Gasteiger partial charge in [0.2, 0.25) is 0 Å². The van der Waals surface area contributed by atoms with Crippen LogP contribution >= 0.6 is 0 Å². The first-order chi connectivity index (χ1) is 11.8. The van der Waals surface area contributed by atoms with Crippen LogP contribution in [0.3, 0.4) is 0 Å². The molecular weight excluding hydrogens is 300 g/mol. The highest BCUT2D eigenvalue weighted by Gasteiger charge is 2.31. The largest absolute Gasteiger partial charge is 0.338 e. The first-order valence-corrected chi connectivity index (χ1v) is 8.43. The molecule has 2 aromatic heterocycles. The fourth-order valence-corrected chi connectivity index (χ4v) is 3.52. The van der Waals surface area contributed by atoms with Gasteiger partial charge in [-0.15, -0.1) is 0 Å². The molecule has 0 radical (unpaired) electrons. The van der Waals surface area contributed by atoms with E-state index >= 15 is 0 Å². The van der Waals surface area contributed by atoms with Crippen molar-refractivity contribution in [2.24, 2.45) is 0 Å². The van der Waals surface area contributed by atoms with E-state index < -0.39 is 0 Å². The topological polar surface area (TPSA) is 51.0 Å². The maximum atomic E-state index is 12.6. The number of aryl methyl sites for hydroxylation is 1. The SMILES string of the molecule is CCn1c([C@H]2CCN(C(=O)c3ccccc3)C2)nc2cccnc21. The Morgan fingerprint density at radius 1 is 1.21 bits per heavy atom. The van der Waals surface area contributed by atoms with Gasteiger partial charge >= 0.3 is 0 Å². The molecule has 5 heteroatoms. The number of carbonyl (C=O) groups excluding carboxylic acids is 1. The lowest BCUT2D eigenvalue weighted by Gasteiger charge is -2.17. The molecule has 1 aliphatic rings. The average Bonchev–Trinajstić information content (AvgIpc) is 3.26. The van der Waals surface area contributed by atoms with Gasteiger partial charge in [0.1, 0.15) is 11.3 Å². The lowest BCUT2D eigenvalue weighted by Crippen LogP contribution is -2.28. The van der Waals surface area contributed by atoms with E-state index in [9.17, 15) is 4.79 Å². The van der Waals surface area contributed by atoms with E-state index in [4.69, 9.17) is 4.98 Å². The molecule has 0 unspecified atom stereocenters. The molecule has 0 N–H and O–H groups in total. The molecule has 1 saturated heterocycles. The Labute approximate surface area is 140 Å². The van der Waals surface area contributed by atoms with Crippen molar-refractivity contribution < 1.29 is 4.79 Å². The predicted molar refractivity (Wildman–Crippen MR) is 92.9 cm³/mol. The molecule has 1 atom stereocenters. The number of nitrogens with zero attached hydrogens (tertiary/aromatic N) is 4. The van der Waals surface area contributed by atoms with Crippen LogP contribution in [0.15, 0.2) is 48.7 Å². The molecule has 1 aliphatic heterocycles. The second-order valence-corrected chi connectivity index (χ2v) is 6.16. The summed E-state index contributed by atoms with van der Waals surface area (Å²) in [5.74, 6) is 1.43. The number of aromatic nitrogens is 3. The zero-order chi connectivity index (χ0) is 16.5. The fraction of sp³-hybridized carbons (Fsp3) is 0.316. The van der Waals surface area contributed by atoms with Crippen LogP contribution in [0.25, 0.3) is 11.2 Å². The lowest BCUT2D eigenvalue weighted by molar-refractivity contribution is 0.0790. The standard InChI is InChI=1S/C19H20N4O/c1-2-23-17(21-16-9-6-11-20-18(16)23)15-10-12-22(13-15)19(24)14-7-4-3-5-8-14/h3-9,11,15H,2,10,12-13H2,1H3/t15-/m0/s1. The minimum atomic E-state index is 0.107. The average molecular weight is 320 g/mol. The van der Waals surface area contributed by atoms with Crippen LogP contribution in [-0.4, -0.2) is 38.4 Å². The van der Waals surface area contributed by atoms with Crippen LogP contribution in [0.4, 0.5) is 0 Å². The zero-order valence-electron chi connectivity index (χ0n) is 13.7. The van der Waals surface area contributed by atoms with E-state index in [1.54, 1.807) is 6.20 Å². The van der Waals surface area contributed by atoms with Crippen molar-refractivity contribution in [2.45, 2.75) is 25.8 Å². The minimum absolute atomic E-state index is 0.107. The second-order valence-electron chi connectivity index (χ2n) is 6.16. The van der Waals surface area contributed by atoms with Gasteiger partial charge in [0.25, 0.3) is 5.91 Å². The first-order valence-electron chi connectivity index (χ1n) is 8.43. The van der Waals surface area contributed by atoms with Gasteiger partial charge < -0.3 is 9.47 Å². The number of carbonyl (C=O) groups is 1. The third-order valence-corrected chi connectivity index (χ3v) is 4.71. The summed E-state index contributed by atoms with van der Waals surface area (Å²) < 4.78 is 2.18. The number of likely N-dealkylation sites (tertiary alicyclic amines) is 1. The molecular formula is C19H20N4O. The summed E-state index contributed by atoms with van der Waals surface area (Å²) in [6.07, 6.45) is 2.75. The number of imidazole rings is 1. The molecule has 5 nitrogen and oxygen atoms in total. The molecule has 4 rings (SSSR count). The summed E-state index contributed by atoms with van der Waals surface area (Å²) in [4.78, 5) is 23.8. The highest BCUT2D eigenvalue weighted by Crippen LogP contribution is 2.29. The quantitative estimate of drug-likeness (QED) is 0.745. The van der Waals surface area contributed by atoms with E-state index in [1.165, 1.54) is 0 Å². The van der Waals surface area contributed by atoms with Gasteiger partial charge in [-0.2, -0.15) is 0 Å². The van der Waals surface area contributed by atoms with Crippen LogP contribution in [0.5, 0.6) is 0 Å². The second kappa shape index (κ2) is 6.07. The number of amides is 1. The molecule has 3 aromatic rings. The van der Waals surface area contributed by atoms with Gasteiger partial charge in [0.05, 0.1) is 0 Å². The Morgan fingerprint density at radius 3 is 2.83 bits per heavy atom. The van der Waals surface area contributed by atoms with Crippen LogP contribution in [0.1, 0.15) is 35.4 Å². The van der Waals surface area contributed by atoms with Crippen molar-refractivity contribution in [3.8, 4) is 0 Å². The molecule has 0 spiro atoms. The maximum absolute atomic E-state index is 12.6. The number of pyridine rings is 1. The van der Waals surface area contributed by atoms with Crippen LogP contribution in [-0.2, 0) is 6.54 Å². The summed E-state index contributed by atoms with van der Waals surface area (Å²) in [5.41, 5.74) is 2.62. The Kier molecular flexibility index (Phi) is 3.76. The molecule has 24 heavy (non-hydrogen) atoms. The Balaban J connectivity index is 1.60. The van der Waals surface area contributed by atoms with E-state index in [0.29, 0.717) is 0 Å². The molecule has 122 valence electrons. The number of fused-ring (bicyclic) bond motifs is 1. The fourth-order valence-electron chi connectivity index (χ4n) is 3.52. The van der Waals surface area contributed by atoms with E-state index in [2.05, 4.69) is 16.5 Å². The number of hydrogen-bond acceptors (Lipinski definition) is 3. The summed E-state index contributed by atoms with van der Waals surface area (Å²) >= 11 is 0. The van der Waals surface area contributed by atoms with Crippen LogP contribution < -0.4 is 0 Å². The van der Waals surface area contributed by atoms with Gasteiger partial charge in [0, 0.05) is 37.3 Å². The van der Waals surface area contributed by atoms with E-state index in [0.717, 1.165) is 48.6 Å². The molecule has 1 aromatic carbocycles. The number of rotatable bonds is 3. The Hall–Kier alpha value is -2.69. The molecule has 0 saturated carbocycles. The molecule has 1 fully saturated rings. The molecule has 0 aliphatic carbocycles. The van der Waals surface area contributed by atoms with Crippen LogP contribution in [0, 0.1) is 0 Å². The third-order valence-electron chi connectivity index (χ3n) is 4.71. The van der Waals surface area contributed by atoms with E-state index in [-0.39, 0.29) is 11.8 Å². The van der Waals surface area contributed by atoms with Crippen molar-refractivity contribution in [1.82, 2.24) is 19.4 Å². The lowest BCUT2D eigenvalue weighted by atomic mass is 10.1. The van der Waals surface area contributed by atoms with Crippen LogP contribution in [0.2, 0.25) is 0 Å². The predicted octanol–water partition coefficient (Wildman–Crippen LogP) is 3.08. The third kappa shape index (κ3) is 2.46. The number of hydrogen-bond donors (Lipinski definition) is 0. The highest BCUT2D eigenvalue weighted by molar-refractivity contribution is 5.94. The molecule has 0 bridgehead atoms. The summed E-state index contributed by atoms with van der Waals surface area (Å²) in [7, 11) is 0. The van der Waals surface area contributed by atoms with E-state index in [1.807, 2.05) is 47.4 Å². The van der Waals surface area contributed by atoms with Crippen molar-refractivity contribution in [3.63, 3.8) is 0 Å². The highest BCUT2D eigenvalue weighted by atomic mass is 16.2. The monoisotopic (exact) mass is 320 g/mol. The summed E-state index contributed by atoms with van der Waals surface area (Å²) in [6, 6.07) is 13.4. The zero-order valence-corrected chi connectivity index (χ0v) is 13.7. The minimum Gasteiger partial charge on any atom is -0.338 e. The summed E-state index contributed by atoms with van der Waals surface area (Å²) in [5, 5.41) is 0. The Morgan fingerprint density at radius 2 is 2.04 bits per heavy atom. The van der Waals surface area contributed by atoms with Crippen molar-refractivity contribution in [2.75, 3.05) is 13.1 Å². The van der Waals surface area contributed by atoms with Crippen molar-refractivity contribution >= 4 is 17.1 Å². The van der Waals surface area contributed by atoms with Gasteiger partial charge in [-0.3, -0.25) is 4.79 Å². The van der Waals surface area contributed by atoms with Crippen molar-refractivity contribution in [3.05, 3.63) is 60.0 Å². The van der Waals surface area contributed by atoms with Gasteiger partial charge in [-0.25, -0.2) is 9.97 Å². The normalized spacial score (nSPS) is 17.5.